The maximum absolute atomic E-state index is 12.3. The molecule has 0 unspecified atom stereocenters. The molecule has 0 bridgehead atoms. The van der Waals surface area contributed by atoms with Crippen molar-refractivity contribution in [3.63, 3.8) is 0 Å². The van der Waals surface area contributed by atoms with Gasteiger partial charge in [0.15, 0.2) is 5.58 Å². The van der Waals surface area contributed by atoms with E-state index in [-0.39, 0.29) is 24.8 Å². The largest absolute Gasteiger partial charge is 0.419 e. The van der Waals surface area contributed by atoms with E-state index < -0.39 is 5.76 Å². The lowest BCUT2D eigenvalue weighted by atomic mass is 10.1. The van der Waals surface area contributed by atoms with E-state index in [4.69, 9.17) is 4.42 Å². The number of amides is 2. The Hall–Kier alpha value is -3.35. The zero-order chi connectivity index (χ0) is 18.7. The number of aromatic nitrogens is 1. The molecule has 0 aliphatic heterocycles. The van der Waals surface area contributed by atoms with E-state index in [1.807, 2.05) is 13.0 Å². The van der Waals surface area contributed by atoms with Gasteiger partial charge in [0.25, 0.3) is 0 Å². The summed E-state index contributed by atoms with van der Waals surface area (Å²) >= 11 is 0. The van der Waals surface area contributed by atoms with Crippen LogP contribution in [0.5, 0.6) is 0 Å². The minimum absolute atomic E-state index is 0.118. The molecule has 1 aromatic heterocycles. The van der Waals surface area contributed by atoms with Crippen LogP contribution in [-0.4, -0.2) is 16.4 Å². The molecule has 0 fully saturated rings. The Morgan fingerprint density at radius 3 is 2.46 bits per heavy atom. The van der Waals surface area contributed by atoms with Crippen LogP contribution in [-0.2, 0) is 16.1 Å². The Balaban J connectivity index is 1.71. The predicted octanol–water partition coefficient (Wildman–Crippen LogP) is 2.89. The molecule has 0 aliphatic rings. The number of para-hydroxylation sites is 2. The van der Waals surface area contributed by atoms with Gasteiger partial charge >= 0.3 is 5.76 Å². The molecule has 7 heteroatoms. The average Bonchev–Trinajstić information content (AvgIpc) is 2.91. The van der Waals surface area contributed by atoms with Crippen LogP contribution in [0.25, 0.3) is 11.1 Å². The molecule has 0 radical (unpaired) electrons. The molecule has 26 heavy (non-hydrogen) atoms. The molecule has 2 N–H and O–H groups in total. The van der Waals surface area contributed by atoms with Gasteiger partial charge in [0, 0.05) is 31.3 Å². The second-order valence-corrected chi connectivity index (χ2v) is 5.94. The van der Waals surface area contributed by atoms with Crippen LogP contribution in [0.1, 0.15) is 18.9 Å². The third-order valence-electron chi connectivity index (χ3n) is 4.05. The SMILES string of the molecule is CC(=O)Nc1cccc(NC(=O)CCn2c(=O)oc3ccccc32)c1C. The maximum Gasteiger partial charge on any atom is 0.419 e. The van der Waals surface area contributed by atoms with Crippen LogP contribution in [0, 0.1) is 6.92 Å². The summed E-state index contributed by atoms with van der Waals surface area (Å²) in [6.45, 7) is 3.46. The van der Waals surface area contributed by atoms with Gasteiger partial charge in [0.2, 0.25) is 11.8 Å². The molecule has 0 atom stereocenters. The zero-order valence-corrected chi connectivity index (χ0v) is 14.5. The second kappa shape index (κ2) is 7.26. The number of fused-ring (bicyclic) bond motifs is 1. The van der Waals surface area contributed by atoms with E-state index in [0.29, 0.717) is 22.5 Å². The molecule has 3 aromatic rings. The Morgan fingerprint density at radius 1 is 1.04 bits per heavy atom. The van der Waals surface area contributed by atoms with Crippen molar-refractivity contribution in [2.45, 2.75) is 26.8 Å². The molecule has 3 rings (SSSR count). The van der Waals surface area contributed by atoms with Gasteiger partial charge in [0.05, 0.1) is 5.52 Å². The first-order chi connectivity index (χ1) is 12.5. The summed E-state index contributed by atoms with van der Waals surface area (Å²) in [6.07, 6.45) is 0.118. The molecule has 0 spiro atoms. The molecule has 2 aromatic carbocycles. The minimum Gasteiger partial charge on any atom is -0.408 e. The zero-order valence-electron chi connectivity index (χ0n) is 14.5. The first-order valence-corrected chi connectivity index (χ1v) is 8.21. The van der Waals surface area contributed by atoms with E-state index in [1.54, 1.807) is 36.4 Å². The van der Waals surface area contributed by atoms with Gasteiger partial charge in [-0.2, -0.15) is 0 Å². The van der Waals surface area contributed by atoms with E-state index in [1.165, 1.54) is 11.5 Å². The molecule has 0 saturated heterocycles. The van der Waals surface area contributed by atoms with Gasteiger partial charge in [0.1, 0.15) is 0 Å². The normalized spacial score (nSPS) is 10.7. The quantitative estimate of drug-likeness (QED) is 0.737. The lowest BCUT2D eigenvalue weighted by Crippen LogP contribution is -2.20. The summed E-state index contributed by atoms with van der Waals surface area (Å²) in [4.78, 5) is 35.5. The van der Waals surface area contributed by atoms with Crippen molar-refractivity contribution in [1.29, 1.82) is 0 Å². The van der Waals surface area contributed by atoms with Crippen molar-refractivity contribution < 1.29 is 14.0 Å². The van der Waals surface area contributed by atoms with Gasteiger partial charge in [-0.05, 0) is 36.8 Å². The Labute approximate surface area is 149 Å². The second-order valence-electron chi connectivity index (χ2n) is 5.94. The molecule has 0 saturated carbocycles. The highest BCUT2D eigenvalue weighted by atomic mass is 16.4. The summed E-state index contributed by atoms with van der Waals surface area (Å²) in [6, 6.07) is 12.4. The van der Waals surface area contributed by atoms with Crippen LogP contribution in [0.4, 0.5) is 11.4 Å². The number of aryl methyl sites for hydroxylation is 1. The number of nitrogens with one attached hydrogen (secondary N) is 2. The van der Waals surface area contributed by atoms with E-state index in [0.717, 1.165) is 5.56 Å². The summed E-state index contributed by atoms with van der Waals surface area (Å²) in [5.74, 6) is -0.893. The van der Waals surface area contributed by atoms with Crippen molar-refractivity contribution in [2.24, 2.45) is 0 Å². The van der Waals surface area contributed by atoms with Crippen LogP contribution in [0.15, 0.2) is 51.7 Å². The third-order valence-corrected chi connectivity index (χ3v) is 4.05. The molecule has 2 amide bonds. The highest BCUT2D eigenvalue weighted by molar-refractivity contribution is 5.95. The molecular formula is C19H19N3O4. The number of anilines is 2. The lowest BCUT2D eigenvalue weighted by Gasteiger charge is -2.12. The molecule has 0 aliphatic carbocycles. The average molecular weight is 353 g/mol. The number of carbonyl (C=O) groups is 2. The van der Waals surface area contributed by atoms with Crippen molar-refractivity contribution in [3.05, 3.63) is 58.6 Å². The van der Waals surface area contributed by atoms with Crippen molar-refractivity contribution in [3.8, 4) is 0 Å². The van der Waals surface area contributed by atoms with Gasteiger partial charge in [-0.25, -0.2) is 4.79 Å². The monoisotopic (exact) mass is 353 g/mol. The summed E-state index contributed by atoms with van der Waals surface area (Å²) in [5.41, 5.74) is 3.19. The number of carbonyl (C=O) groups excluding carboxylic acids is 2. The van der Waals surface area contributed by atoms with Crippen LogP contribution in [0.3, 0.4) is 0 Å². The fourth-order valence-electron chi connectivity index (χ4n) is 2.75. The van der Waals surface area contributed by atoms with Crippen molar-refractivity contribution >= 4 is 34.3 Å². The highest BCUT2D eigenvalue weighted by Crippen LogP contribution is 2.23. The first kappa shape index (κ1) is 17.5. The number of nitrogens with zero attached hydrogens (tertiary/aromatic N) is 1. The fourth-order valence-corrected chi connectivity index (χ4v) is 2.75. The van der Waals surface area contributed by atoms with Gasteiger partial charge < -0.3 is 15.1 Å². The highest BCUT2D eigenvalue weighted by Gasteiger charge is 2.12. The first-order valence-electron chi connectivity index (χ1n) is 8.21. The maximum atomic E-state index is 12.3. The van der Waals surface area contributed by atoms with Crippen LogP contribution in [0.2, 0.25) is 0 Å². The summed E-state index contributed by atoms with van der Waals surface area (Å²) in [5, 5.41) is 5.54. The fraction of sp³-hybridized carbons (Fsp3) is 0.211. The molecular weight excluding hydrogens is 334 g/mol. The van der Waals surface area contributed by atoms with E-state index in [9.17, 15) is 14.4 Å². The van der Waals surface area contributed by atoms with Gasteiger partial charge in [-0.3, -0.25) is 14.2 Å². The van der Waals surface area contributed by atoms with Gasteiger partial charge in [-0.15, -0.1) is 0 Å². The number of hydrogen-bond acceptors (Lipinski definition) is 4. The topological polar surface area (TPSA) is 93.3 Å². The standard InChI is InChI=1S/C19H19N3O4/c1-12-14(20-13(2)23)6-5-7-15(12)21-18(24)10-11-22-16-8-3-4-9-17(16)26-19(22)25/h3-9H,10-11H2,1-2H3,(H,20,23)(H,21,24). The molecule has 134 valence electrons. The number of rotatable bonds is 5. The Kier molecular flexibility index (Phi) is 4.88. The van der Waals surface area contributed by atoms with Crippen LogP contribution >= 0.6 is 0 Å². The minimum atomic E-state index is -0.483. The number of benzene rings is 2. The van der Waals surface area contributed by atoms with E-state index >= 15 is 0 Å². The van der Waals surface area contributed by atoms with Crippen LogP contribution < -0.4 is 16.4 Å². The van der Waals surface area contributed by atoms with E-state index in [2.05, 4.69) is 10.6 Å². The third kappa shape index (κ3) is 3.66. The lowest BCUT2D eigenvalue weighted by molar-refractivity contribution is -0.116. The summed E-state index contributed by atoms with van der Waals surface area (Å²) in [7, 11) is 0. The number of hydrogen-bond donors (Lipinski definition) is 2. The smallest absolute Gasteiger partial charge is 0.408 e. The predicted molar refractivity (Wildman–Crippen MR) is 99.2 cm³/mol. The molecule has 1 heterocycles. The molecule has 7 nitrogen and oxygen atoms in total. The summed E-state index contributed by atoms with van der Waals surface area (Å²) < 4.78 is 6.60. The van der Waals surface area contributed by atoms with Gasteiger partial charge in [-0.1, -0.05) is 18.2 Å². The Morgan fingerprint density at radius 2 is 1.73 bits per heavy atom. The Bertz CT molecular complexity index is 1030. The number of oxazole rings is 1. The van der Waals surface area contributed by atoms with Crippen molar-refractivity contribution in [2.75, 3.05) is 10.6 Å². The van der Waals surface area contributed by atoms with Crippen molar-refractivity contribution in [1.82, 2.24) is 4.57 Å².